The van der Waals surface area contributed by atoms with Gasteiger partial charge in [-0.25, -0.2) is 0 Å². The zero-order valence-electron chi connectivity index (χ0n) is 11.3. The zero-order chi connectivity index (χ0) is 13.2. The predicted octanol–water partition coefficient (Wildman–Crippen LogP) is 4.08. The summed E-state index contributed by atoms with van der Waals surface area (Å²) in [6, 6.07) is 0. The molecule has 1 unspecified atom stereocenters. The molecule has 0 saturated heterocycles. The second-order valence-electron chi connectivity index (χ2n) is 5.61. The van der Waals surface area contributed by atoms with Crippen LogP contribution in [0.2, 0.25) is 5.02 Å². The van der Waals surface area contributed by atoms with Gasteiger partial charge in [0.25, 0.3) is 0 Å². The summed E-state index contributed by atoms with van der Waals surface area (Å²) in [6.07, 6.45) is 1.75. The van der Waals surface area contributed by atoms with E-state index in [4.69, 9.17) is 23.2 Å². The SMILES string of the molecule is CCc1nn(C)c(CC(CCl)C(C)(C)C)c1Cl. The van der Waals surface area contributed by atoms with E-state index in [1.807, 2.05) is 11.7 Å². The van der Waals surface area contributed by atoms with E-state index in [1.54, 1.807) is 0 Å². The van der Waals surface area contributed by atoms with E-state index >= 15 is 0 Å². The second-order valence-corrected chi connectivity index (χ2v) is 6.29. The van der Waals surface area contributed by atoms with Gasteiger partial charge in [-0.15, -0.1) is 11.6 Å². The highest BCUT2D eigenvalue weighted by molar-refractivity contribution is 6.31. The topological polar surface area (TPSA) is 17.8 Å². The first kappa shape index (κ1) is 14.8. The summed E-state index contributed by atoms with van der Waals surface area (Å²) in [5.74, 6) is 1.05. The van der Waals surface area contributed by atoms with Gasteiger partial charge >= 0.3 is 0 Å². The minimum atomic E-state index is 0.182. The predicted molar refractivity (Wildman–Crippen MR) is 75.0 cm³/mol. The summed E-state index contributed by atoms with van der Waals surface area (Å²) in [7, 11) is 1.95. The van der Waals surface area contributed by atoms with Crippen LogP contribution in [0, 0.1) is 11.3 Å². The molecule has 0 radical (unpaired) electrons. The molecule has 0 saturated carbocycles. The molecule has 1 aromatic heterocycles. The second kappa shape index (κ2) is 5.62. The molecule has 0 fully saturated rings. The number of hydrogen-bond acceptors (Lipinski definition) is 1. The van der Waals surface area contributed by atoms with Gasteiger partial charge in [0.05, 0.1) is 16.4 Å². The van der Waals surface area contributed by atoms with Gasteiger partial charge in [0.2, 0.25) is 0 Å². The van der Waals surface area contributed by atoms with Crippen molar-refractivity contribution in [2.75, 3.05) is 5.88 Å². The van der Waals surface area contributed by atoms with E-state index in [2.05, 4.69) is 32.8 Å². The lowest BCUT2D eigenvalue weighted by Gasteiger charge is -2.29. The molecule has 0 spiro atoms. The van der Waals surface area contributed by atoms with Gasteiger partial charge in [0.15, 0.2) is 0 Å². The number of hydrogen-bond donors (Lipinski definition) is 0. The Morgan fingerprint density at radius 3 is 2.29 bits per heavy atom. The molecule has 0 aliphatic rings. The third kappa shape index (κ3) is 3.38. The van der Waals surface area contributed by atoms with Crippen LogP contribution in [0.1, 0.15) is 39.1 Å². The third-order valence-corrected chi connectivity index (χ3v) is 4.16. The Kier molecular flexibility index (Phi) is 4.91. The molecule has 98 valence electrons. The fraction of sp³-hybridized carbons (Fsp3) is 0.769. The minimum absolute atomic E-state index is 0.182. The number of halogens is 2. The van der Waals surface area contributed by atoms with E-state index in [9.17, 15) is 0 Å². The molecule has 1 heterocycles. The molecular weight excluding hydrogens is 255 g/mol. The molecular formula is C13H22Cl2N2. The number of nitrogens with zero attached hydrogens (tertiary/aromatic N) is 2. The summed E-state index contributed by atoms with van der Waals surface area (Å²) in [5, 5.41) is 5.25. The maximum absolute atomic E-state index is 6.35. The van der Waals surface area contributed by atoms with Crippen molar-refractivity contribution in [3.63, 3.8) is 0 Å². The van der Waals surface area contributed by atoms with Crippen LogP contribution in [0.5, 0.6) is 0 Å². The molecule has 4 heteroatoms. The van der Waals surface area contributed by atoms with Crippen LogP contribution in [-0.2, 0) is 19.9 Å². The van der Waals surface area contributed by atoms with Crippen LogP contribution in [0.15, 0.2) is 0 Å². The van der Waals surface area contributed by atoms with Crippen molar-refractivity contribution in [3.05, 3.63) is 16.4 Å². The first-order chi connectivity index (χ1) is 7.81. The van der Waals surface area contributed by atoms with Crippen LogP contribution in [-0.4, -0.2) is 15.7 Å². The van der Waals surface area contributed by atoms with Crippen LogP contribution in [0.4, 0.5) is 0 Å². The Labute approximate surface area is 114 Å². The van der Waals surface area contributed by atoms with Gasteiger partial charge in [-0.3, -0.25) is 4.68 Å². The van der Waals surface area contributed by atoms with Crippen molar-refractivity contribution >= 4 is 23.2 Å². The van der Waals surface area contributed by atoms with Crippen molar-refractivity contribution in [1.29, 1.82) is 0 Å². The lowest BCUT2D eigenvalue weighted by atomic mass is 9.79. The third-order valence-electron chi connectivity index (χ3n) is 3.35. The standard InChI is InChI=1S/C13H22Cl2N2/c1-6-10-12(15)11(17(5)16-10)7-9(8-14)13(2,3)4/h9H,6-8H2,1-5H3. The van der Waals surface area contributed by atoms with Crippen LogP contribution in [0.25, 0.3) is 0 Å². The van der Waals surface area contributed by atoms with Crippen LogP contribution in [0.3, 0.4) is 0 Å². The Morgan fingerprint density at radius 2 is 1.94 bits per heavy atom. The van der Waals surface area contributed by atoms with Crippen molar-refractivity contribution < 1.29 is 0 Å². The van der Waals surface area contributed by atoms with Crippen LogP contribution < -0.4 is 0 Å². The number of aryl methyl sites for hydroxylation is 2. The largest absolute Gasteiger partial charge is 0.271 e. The smallest absolute Gasteiger partial charge is 0.0849 e. The van der Waals surface area contributed by atoms with Crippen molar-refractivity contribution in [1.82, 2.24) is 9.78 Å². The number of aromatic nitrogens is 2. The molecule has 0 amide bonds. The quantitative estimate of drug-likeness (QED) is 0.758. The fourth-order valence-electron chi connectivity index (χ4n) is 1.87. The summed E-state index contributed by atoms with van der Waals surface area (Å²) < 4.78 is 1.90. The summed E-state index contributed by atoms with van der Waals surface area (Å²) in [5.41, 5.74) is 2.26. The number of rotatable bonds is 4. The fourth-order valence-corrected chi connectivity index (χ4v) is 2.81. The van der Waals surface area contributed by atoms with Gasteiger partial charge in [-0.1, -0.05) is 39.3 Å². The lowest BCUT2D eigenvalue weighted by molar-refractivity contribution is 0.260. The first-order valence-electron chi connectivity index (χ1n) is 6.07. The number of alkyl halides is 1. The molecule has 0 bridgehead atoms. The van der Waals surface area contributed by atoms with Gasteiger partial charge in [-0.2, -0.15) is 5.10 Å². The molecule has 1 rings (SSSR count). The Bertz CT molecular complexity index is 378. The summed E-state index contributed by atoms with van der Waals surface area (Å²) in [6.45, 7) is 8.71. The van der Waals surface area contributed by atoms with Crippen molar-refractivity contribution in [2.45, 2.75) is 40.5 Å². The highest BCUT2D eigenvalue weighted by Gasteiger charge is 2.26. The Morgan fingerprint density at radius 1 is 1.35 bits per heavy atom. The highest BCUT2D eigenvalue weighted by Crippen LogP contribution is 2.32. The zero-order valence-corrected chi connectivity index (χ0v) is 12.9. The minimum Gasteiger partial charge on any atom is -0.271 e. The van der Waals surface area contributed by atoms with Crippen molar-refractivity contribution in [3.8, 4) is 0 Å². The normalized spacial score (nSPS) is 14.1. The molecule has 17 heavy (non-hydrogen) atoms. The van der Waals surface area contributed by atoms with Gasteiger partial charge in [-0.05, 0) is 24.2 Å². The first-order valence-corrected chi connectivity index (χ1v) is 6.98. The highest BCUT2D eigenvalue weighted by atomic mass is 35.5. The van der Waals surface area contributed by atoms with Gasteiger partial charge in [0, 0.05) is 12.9 Å². The summed E-state index contributed by atoms with van der Waals surface area (Å²) >= 11 is 12.4. The van der Waals surface area contributed by atoms with E-state index < -0.39 is 0 Å². The van der Waals surface area contributed by atoms with Crippen LogP contribution >= 0.6 is 23.2 Å². The van der Waals surface area contributed by atoms with E-state index in [0.717, 1.165) is 29.3 Å². The molecule has 0 aromatic carbocycles. The Hall–Kier alpha value is -0.210. The monoisotopic (exact) mass is 276 g/mol. The maximum atomic E-state index is 6.35. The van der Waals surface area contributed by atoms with Gasteiger partial charge in [0.1, 0.15) is 0 Å². The molecule has 0 aliphatic heterocycles. The maximum Gasteiger partial charge on any atom is 0.0849 e. The lowest BCUT2D eigenvalue weighted by Crippen LogP contribution is -2.25. The molecule has 1 atom stereocenters. The molecule has 2 nitrogen and oxygen atoms in total. The average Bonchev–Trinajstić information content (AvgIpc) is 2.49. The van der Waals surface area contributed by atoms with E-state index in [0.29, 0.717) is 11.8 Å². The summed E-state index contributed by atoms with van der Waals surface area (Å²) in [4.78, 5) is 0. The van der Waals surface area contributed by atoms with Crippen molar-refractivity contribution in [2.24, 2.45) is 18.4 Å². The van der Waals surface area contributed by atoms with E-state index in [1.165, 1.54) is 0 Å². The molecule has 0 N–H and O–H groups in total. The van der Waals surface area contributed by atoms with Gasteiger partial charge < -0.3 is 0 Å². The molecule has 1 aromatic rings. The Balaban J connectivity index is 2.98. The average molecular weight is 277 g/mol. The molecule has 0 aliphatic carbocycles. The van der Waals surface area contributed by atoms with E-state index in [-0.39, 0.29) is 5.41 Å².